The van der Waals surface area contributed by atoms with Crippen LogP contribution in [0.4, 0.5) is 11.4 Å². The Morgan fingerprint density at radius 2 is 1.56 bits per heavy atom. The summed E-state index contributed by atoms with van der Waals surface area (Å²) in [5.74, 6) is 0.303. The fourth-order valence-electron chi connectivity index (χ4n) is 3.07. The molecule has 4 rings (SSSR count). The molecule has 32 heavy (non-hydrogen) atoms. The summed E-state index contributed by atoms with van der Waals surface area (Å²) in [6.07, 6.45) is 0. The van der Waals surface area contributed by atoms with Crippen molar-refractivity contribution in [2.75, 3.05) is 10.6 Å². The van der Waals surface area contributed by atoms with Crippen LogP contribution in [-0.2, 0) is 5.75 Å². The lowest BCUT2D eigenvalue weighted by Crippen LogP contribution is -2.14. The summed E-state index contributed by atoms with van der Waals surface area (Å²) >= 11 is 3.21. The fraction of sp³-hybridized carbons (Fsp3) is 0.0800. The Bertz CT molecular complexity index is 1240. The zero-order valence-corrected chi connectivity index (χ0v) is 19.0. The van der Waals surface area contributed by atoms with Gasteiger partial charge in [-0.15, -0.1) is 23.1 Å². The number of rotatable bonds is 7. The van der Waals surface area contributed by atoms with Crippen molar-refractivity contribution in [3.63, 3.8) is 0 Å². The minimum absolute atomic E-state index is 0.200. The first-order valence-corrected chi connectivity index (χ1v) is 11.9. The molecule has 7 heteroatoms. The second-order valence-electron chi connectivity index (χ2n) is 7.00. The van der Waals surface area contributed by atoms with Crippen LogP contribution in [0.15, 0.2) is 89.1 Å². The van der Waals surface area contributed by atoms with Crippen molar-refractivity contribution < 1.29 is 9.59 Å². The first-order chi connectivity index (χ1) is 15.6. The highest BCUT2D eigenvalue weighted by Crippen LogP contribution is 2.28. The van der Waals surface area contributed by atoms with Gasteiger partial charge in [-0.3, -0.25) is 9.59 Å². The van der Waals surface area contributed by atoms with Crippen LogP contribution in [0.1, 0.15) is 31.4 Å². The Labute approximate surface area is 194 Å². The molecule has 160 valence electrons. The smallest absolute Gasteiger partial charge is 0.256 e. The zero-order chi connectivity index (χ0) is 22.3. The number of thioether (sulfide) groups is 1. The van der Waals surface area contributed by atoms with E-state index in [1.807, 2.05) is 54.8 Å². The third-order valence-corrected chi connectivity index (χ3v) is 6.52. The average Bonchev–Trinajstić information content (AvgIpc) is 3.23. The van der Waals surface area contributed by atoms with Gasteiger partial charge in [-0.05, 0) is 49.4 Å². The van der Waals surface area contributed by atoms with E-state index in [2.05, 4.69) is 15.6 Å². The summed E-state index contributed by atoms with van der Waals surface area (Å²) < 4.78 is 0. The van der Waals surface area contributed by atoms with Gasteiger partial charge in [0.1, 0.15) is 0 Å². The van der Waals surface area contributed by atoms with E-state index in [1.165, 1.54) is 0 Å². The van der Waals surface area contributed by atoms with E-state index in [0.29, 0.717) is 28.3 Å². The van der Waals surface area contributed by atoms with Crippen molar-refractivity contribution in [2.45, 2.75) is 17.6 Å². The number of aryl methyl sites for hydroxylation is 1. The summed E-state index contributed by atoms with van der Waals surface area (Å²) in [7, 11) is 0. The Balaban J connectivity index is 1.44. The molecule has 2 amide bonds. The fourth-order valence-corrected chi connectivity index (χ4v) is 4.73. The lowest BCUT2D eigenvalue weighted by molar-refractivity contribution is 0.101. The highest BCUT2D eigenvalue weighted by molar-refractivity contribution is 7.98. The maximum atomic E-state index is 13.0. The van der Waals surface area contributed by atoms with Gasteiger partial charge in [-0.1, -0.05) is 36.4 Å². The molecule has 2 N–H and O–H groups in total. The normalized spacial score (nSPS) is 10.5. The van der Waals surface area contributed by atoms with Gasteiger partial charge in [0.2, 0.25) is 0 Å². The van der Waals surface area contributed by atoms with Crippen LogP contribution in [0.3, 0.4) is 0 Å². The van der Waals surface area contributed by atoms with Gasteiger partial charge in [-0.2, -0.15) is 0 Å². The van der Waals surface area contributed by atoms with Crippen molar-refractivity contribution in [3.05, 3.63) is 106 Å². The van der Waals surface area contributed by atoms with Crippen molar-refractivity contribution in [1.82, 2.24) is 4.98 Å². The number of amides is 2. The van der Waals surface area contributed by atoms with Gasteiger partial charge in [0.25, 0.3) is 11.8 Å². The molecule has 1 heterocycles. The van der Waals surface area contributed by atoms with E-state index in [1.54, 1.807) is 59.5 Å². The number of hydrogen-bond acceptors (Lipinski definition) is 5. The van der Waals surface area contributed by atoms with Crippen molar-refractivity contribution in [3.8, 4) is 0 Å². The predicted octanol–water partition coefficient (Wildman–Crippen LogP) is 6.25. The summed E-state index contributed by atoms with van der Waals surface area (Å²) in [6.45, 7) is 1.98. The number of carbonyl (C=O) groups excluding carboxylic acids is 2. The van der Waals surface area contributed by atoms with E-state index in [0.717, 1.165) is 15.6 Å². The molecule has 0 spiro atoms. The van der Waals surface area contributed by atoms with E-state index in [-0.39, 0.29) is 11.8 Å². The maximum absolute atomic E-state index is 13.0. The Morgan fingerprint density at radius 1 is 0.875 bits per heavy atom. The third kappa shape index (κ3) is 5.63. The highest BCUT2D eigenvalue weighted by atomic mass is 32.2. The zero-order valence-electron chi connectivity index (χ0n) is 17.4. The summed E-state index contributed by atoms with van der Waals surface area (Å²) in [5.41, 5.74) is 3.40. The van der Waals surface area contributed by atoms with Gasteiger partial charge in [0, 0.05) is 33.0 Å². The minimum atomic E-state index is -0.201. The van der Waals surface area contributed by atoms with E-state index < -0.39 is 0 Å². The number of nitrogens with one attached hydrogen (secondary N) is 2. The second kappa shape index (κ2) is 10.3. The molecule has 0 radical (unpaired) electrons. The predicted molar refractivity (Wildman–Crippen MR) is 132 cm³/mol. The largest absolute Gasteiger partial charge is 0.322 e. The van der Waals surface area contributed by atoms with Crippen molar-refractivity contribution in [2.24, 2.45) is 0 Å². The van der Waals surface area contributed by atoms with Crippen LogP contribution >= 0.6 is 23.1 Å². The summed E-state index contributed by atoms with van der Waals surface area (Å²) in [6, 6.07) is 23.6. The molecule has 0 saturated heterocycles. The number of nitrogens with zero attached hydrogens (tertiary/aromatic N) is 1. The van der Waals surface area contributed by atoms with Crippen LogP contribution in [0.25, 0.3) is 0 Å². The van der Waals surface area contributed by atoms with Gasteiger partial charge < -0.3 is 10.6 Å². The lowest BCUT2D eigenvalue weighted by atomic mass is 10.2. The molecule has 0 aliphatic carbocycles. The molecular weight excluding hydrogens is 438 g/mol. The quantitative estimate of drug-likeness (QED) is 0.321. The molecule has 0 fully saturated rings. The summed E-state index contributed by atoms with van der Waals surface area (Å²) in [4.78, 5) is 30.8. The SMILES string of the molecule is Cc1nc(CSc2ccccc2C(=O)Nc2cccc(NC(=O)c3ccccc3)c2)cs1. The van der Waals surface area contributed by atoms with Gasteiger partial charge in [0.15, 0.2) is 0 Å². The molecule has 0 unspecified atom stereocenters. The highest BCUT2D eigenvalue weighted by Gasteiger charge is 2.13. The first kappa shape index (κ1) is 21.8. The lowest BCUT2D eigenvalue weighted by Gasteiger charge is -2.11. The number of hydrogen-bond donors (Lipinski definition) is 2. The van der Waals surface area contributed by atoms with Crippen LogP contribution in [-0.4, -0.2) is 16.8 Å². The average molecular weight is 460 g/mol. The molecule has 1 aromatic heterocycles. The maximum Gasteiger partial charge on any atom is 0.256 e. The molecule has 5 nitrogen and oxygen atoms in total. The first-order valence-electron chi connectivity index (χ1n) is 9.99. The third-order valence-electron chi connectivity index (χ3n) is 4.59. The molecule has 0 aliphatic rings. The second-order valence-corrected chi connectivity index (χ2v) is 9.08. The molecule has 4 aromatic rings. The molecule has 3 aromatic carbocycles. The van der Waals surface area contributed by atoms with Gasteiger partial charge in [0.05, 0.1) is 16.3 Å². The standard InChI is InChI=1S/C25H21N3O2S2/c1-17-26-21(15-31-17)16-32-23-13-6-5-12-22(23)25(30)28-20-11-7-10-19(14-20)27-24(29)18-8-3-2-4-9-18/h2-15H,16H2,1H3,(H,27,29)(H,28,30). The molecule has 0 aliphatic heterocycles. The number of aromatic nitrogens is 1. The topological polar surface area (TPSA) is 71.1 Å². The number of anilines is 2. The molecule has 0 atom stereocenters. The molecule has 0 saturated carbocycles. The van der Waals surface area contributed by atoms with E-state index >= 15 is 0 Å². The Kier molecular flexibility index (Phi) is 6.99. The summed E-state index contributed by atoms with van der Waals surface area (Å²) in [5, 5.41) is 8.88. The van der Waals surface area contributed by atoms with Crippen LogP contribution in [0.5, 0.6) is 0 Å². The minimum Gasteiger partial charge on any atom is -0.322 e. The van der Waals surface area contributed by atoms with E-state index in [4.69, 9.17) is 0 Å². The number of thiazole rings is 1. The Morgan fingerprint density at radius 3 is 2.28 bits per heavy atom. The number of benzene rings is 3. The van der Waals surface area contributed by atoms with Crippen molar-refractivity contribution in [1.29, 1.82) is 0 Å². The van der Waals surface area contributed by atoms with E-state index in [9.17, 15) is 9.59 Å². The van der Waals surface area contributed by atoms with Gasteiger partial charge >= 0.3 is 0 Å². The van der Waals surface area contributed by atoms with Crippen molar-refractivity contribution >= 4 is 46.3 Å². The van der Waals surface area contributed by atoms with Crippen LogP contribution in [0, 0.1) is 6.92 Å². The van der Waals surface area contributed by atoms with Crippen LogP contribution in [0.2, 0.25) is 0 Å². The molecular formula is C25H21N3O2S2. The Hall–Kier alpha value is -3.42. The molecule has 0 bridgehead atoms. The van der Waals surface area contributed by atoms with Crippen LogP contribution < -0.4 is 10.6 Å². The van der Waals surface area contributed by atoms with Gasteiger partial charge in [-0.25, -0.2) is 4.98 Å². The number of carbonyl (C=O) groups is 2. The monoisotopic (exact) mass is 459 g/mol.